The lowest BCUT2D eigenvalue weighted by molar-refractivity contribution is 0.428. The number of rotatable bonds is 5. The van der Waals surface area contributed by atoms with E-state index in [4.69, 9.17) is 0 Å². The smallest absolute Gasteiger partial charge is 0.218 e. The molecule has 1 saturated carbocycles. The van der Waals surface area contributed by atoms with Gasteiger partial charge in [0.2, 0.25) is 10.0 Å². The molecule has 7 heteroatoms. The third-order valence-corrected chi connectivity index (χ3v) is 6.67. The third-order valence-electron chi connectivity index (χ3n) is 4.85. The number of nitrogens with zero attached hydrogens (tertiary/aromatic N) is 4. The highest BCUT2D eigenvalue weighted by Gasteiger charge is 2.34. The van der Waals surface area contributed by atoms with Crippen LogP contribution in [0, 0.1) is 6.92 Å². The molecule has 1 aliphatic heterocycles. The average Bonchev–Trinajstić information content (AvgIpc) is 3.07. The van der Waals surface area contributed by atoms with Gasteiger partial charge in [-0.3, -0.25) is 0 Å². The van der Waals surface area contributed by atoms with Gasteiger partial charge < -0.3 is 0 Å². The molecule has 2 heterocycles. The van der Waals surface area contributed by atoms with E-state index >= 15 is 0 Å². The second kappa shape index (κ2) is 5.97. The SMILES string of the molecule is Cc1cccc(CS(=O)(=O)N2CC[C@@H](n3cc(C4CC4)nn3)C2)c1. The zero-order chi connectivity index (χ0) is 16.7. The van der Waals surface area contributed by atoms with Gasteiger partial charge in [0.15, 0.2) is 0 Å². The van der Waals surface area contributed by atoms with Crippen LogP contribution >= 0.6 is 0 Å². The molecule has 0 unspecified atom stereocenters. The van der Waals surface area contributed by atoms with Crippen molar-refractivity contribution in [3.63, 3.8) is 0 Å². The number of hydrogen-bond donors (Lipinski definition) is 0. The Balaban J connectivity index is 1.44. The summed E-state index contributed by atoms with van der Waals surface area (Å²) in [4.78, 5) is 0. The normalized spacial score (nSPS) is 22.1. The number of aromatic nitrogens is 3. The van der Waals surface area contributed by atoms with Crippen molar-refractivity contribution in [3.05, 3.63) is 47.3 Å². The fraction of sp³-hybridized carbons (Fsp3) is 0.529. The molecule has 24 heavy (non-hydrogen) atoms. The Morgan fingerprint density at radius 1 is 1.25 bits per heavy atom. The number of aryl methyl sites for hydroxylation is 1. The molecular formula is C17H22N4O2S. The van der Waals surface area contributed by atoms with Gasteiger partial charge in [0.05, 0.1) is 17.5 Å². The molecule has 6 nitrogen and oxygen atoms in total. The zero-order valence-electron chi connectivity index (χ0n) is 13.8. The van der Waals surface area contributed by atoms with E-state index in [2.05, 4.69) is 10.3 Å². The van der Waals surface area contributed by atoms with Crippen LogP contribution in [-0.4, -0.2) is 40.8 Å². The van der Waals surface area contributed by atoms with Crippen LogP contribution in [0.15, 0.2) is 30.5 Å². The molecule has 1 aromatic heterocycles. The molecular weight excluding hydrogens is 324 g/mol. The molecule has 2 fully saturated rings. The predicted molar refractivity (Wildman–Crippen MR) is 91.0 cm³/mol. The molecule has 1 atom stereocenters. The van der Waals surface area contributed by atoms with Crippen LogP contribution in [0.4, 0.5) is 0 Å². The minimum atomic E-state index is -3.30. The highest BCUT2D eigenvalue weighted by Crippen LogP contribution is 2.39. The summed E-state index contributed by atoms with van der Waals surface area (Å²) in [5.74, 6) is 0.632. The van der Waals surface area contributed by atoms with Crippen molar-refractivity contribution >= 4 is 10.0 Å². The first kappa shape index (κ1) is 15.8. The summed E-state index contributed by atoms with van der Waals surface area (Å²) in [5.41, 5.74) is 2.98. The van der Waals surface area contributed by atoms with Gasteiger partial charge in [-0.1, -0.05) is 35.0 Å². The van der Waals surface area contributed by atoms with Gasteiger partial charge >= 0.3 is 0 Å². The van der Waals surface area contributed by atoms with E-state index in [1.807, 2.05) is 42.1 Å². The Hall–Kier alpha value is -1.73. The fourth-order valence-electron chi connectivity index (χ4n) is 3.32. The molecule has 1 aromatic carbocycles. The molecule has 1 saturated heterocycles. The average molecular weight is 346 g/mol. The molecule has 0 N–H and O–H groups in total. The maximum atomic E-state index is 12.7. The maximum Gasteiger partial charge on any atom is 0.218 e. The molecule has 2 aliphatic rings. The minimum Gasteiger partial charge on any atom is -0.248 e. The van der Waals surface area contributed by atoms with Crippen molar-refractivity contribution < 1.29 is 8.42 Å². The van der Waals surface area contributed by atoms with Crippen LogP contribution in [0.2, 0.25) is 0 Å². The lowest BCUT2D eigenvalue weighted by Crippen LogP contribution is -2.30. The lowest BCUT2D eigenvalue weighted by atomic mass is 10.2. The molecule has 2 aromatic rings. The van der Waals surface area contributed by atoms with Crippen LogP contribution < -0.4 is 0 Å². The summed E-state index contributed by atoms with van der Waals surface area (Å²) in [6.45, 7) is 3.02. The van der Waals surface area contributed by atoms with Gasteiger partial charge in [-0.2, -0.15) is 4.31 Å². The van der Waals surface area contributed by atoms with E-state index in [0.717, 1.165) is 23.2 Å². The minimum absolute atomic E-state index is 0.0616. The summed E-state index contributed by atoms with van der Waals surface area (Å²) in [7, 11) is -3.30. The molecule has 0 spiro atoms. The first-order chi connectivity index (χ1) is 11.5. The molecule has 1 aliphatic carbocycles. The van der Waals surface area contributed by atoms with Crippen molar-refractivity contribution in [3.8, 4) is 0 Å². The highest BCUT2D eigenvalue weighted by molar-refractivity contribution is 7.88. The number of sulfonamides is 1. The molecule has 0 amide bonds. The van der Waals surface area contributed by atoms with Crippen molar-refractivity contribution in [1.29, 1.82) is 0 Å². The summed E-state index contributed by atoms with van der Waals surface area (Å²) in [6, 6.07) is 7.78. The van der Waals surface area contributed by atoms with E-state index in [1.54, 1.807) is 4.31 Å². The first-order valence-corrected chi connectivity index (χ1v) is 10.1. The van der Waals surface area contributed by atoms with E-state index in [0.29, 0.717) is 19.0 Å². The predicted octanol–water partition coefficient (Wildman–Crippen LogP) is 2.24. The van der Waals surface area contributed by atoms with E-state index in [9.17, 15) is 8.42 Å². The van der Waals surface area contributed by atoms with Crippen LogP contribution in [0.1, 0.15) is 48.0 Å². The summed E-state index contributed by atoms with van der Waals surface area (Å²) >= 11 is 0. The zero-order valence-corrected chi connectivity index (χ0v) is 14.6. The van der Waals surface area contributed by atoms with Crippen molar-refractivity contribution in [2.75, 3.05) is 13.1 Å². The maximum absolute atomic E-state index is 12.7. The lowest BCUT2D eigenvalue weighted by Gasteiger charge is -2.16. The van der Waals surface area contributed by atoms with Crippen LogP contribution in [0.3, 0.4) is 0 Å². The van der Waals surface area contributed by atoms with Gasteiger partial charge in [0.25, 0.3) is 0 Å². The first-order valence-electron chi connectivity index (χ1n) is 8.46. The van der Waals surface area contributed by atoms with Gasteiger partial charge in [-0.25, -0.2) is 13.1 Å². The number of hydrogen-bond acceptors (Lipinski definition) is 4. The van der Waals surface area contributed by atoms with E-state index in [-0.39, 0.29) is 11.8 Å². The summed E-state index contributed by atoms with van der Waals surface area (Å²) < 4.78 is 28.8. The number of benzene rings is 1. The van der Waals surface area contributed by atoms with E-state index in [1.165, 1.54) is 12.8 Å². The second-order valence-corrected chi connectivity index (χ2v) is 8.91. The Morgan fingerprint density at radius 2 is 2.08 bits per heavy atom. The van der Waals surface area contributed by atoms with Gasteiger partial charge in [0.1, 0.15) is 0 Å². The second-order valence-electron chi connectivity index (χ2n) is 6.94. The van der Waals surface area contributed by atoms with Crippen LogP contribution in [0.5, 0.6) is 0 Å². The Kier molecular flexibility index (Phi) is 3.92. The molecule has 0 bridgehead atoms. The Bertz CT molecular complexity index is 842. The topological polar surface area (TPSA) is 68.1 Å². The summed E-state index contributed by atoms with van der Waals surface area (Å²) in [6.07, 6.45) is 5.18. The standard InChI is InChI=1S/C17H22N4O2S/c1-13-3-2-4-14(9-13)12-24(22,23)20-8-7-16(10-20)21-11-17(18-19-21)15-5-6-15/h2-4,9,11,15-16H,5-8,10,12H2,1H3/t16-/m1/s1. The van der Waals surface area contributed by atoms with Gasteiger partial charge in [-0.15, -0.1) is 5.10 Å². The highest BCUT2D eigenvalue weighted by atomic mass is 32.2. The monoisotopic (exact) mass is 346 g/mol. The van der Waals surface area contributed by atoms with Crippen molar-refractivity contribution in [1.82, 2.24) is 19.3 Å². The van der Waals surface area contributed by atoms with E-state index < -0.39 is 10.0 Å². The summed E-state index contributed by atoms with van der Waals surface area (Å²) in [5, 5.41) is 8.45. The quantitative estimate of drug-likeness (QED) is 0.833. The van der Waals surface area contributed by atoms with Gasteiger partial charge in [-0.05, 0) is 31.7 Å². The molecule has 128 valence electrons. The Morgan fingerprint density at radius 3 is 2.83 bits per heavy atom. The molecule has 4 rings (SSSR count). The van der Waals surface area contributed by atoms with Crippen LogP contribution in [0.25, 0.3) is 0 Å². The fourth-order valence-corrected chi connectivity index (χ4v) is 4.88. The largest absolute Gasteiger partial charge is 0.248 e. The van der Waals surface area contributed by atoms with Crippen molar-refractivity contribution in [2.45, 2.75) is 43.9 Å². The Labute approximate surface area is 142 Å². The van der Waals surface area contributed by atoms with Crippen molar-refractivity contribution in [2.24, 2.45) is 0 Å². The third kappa shape index (κ3) is 3.23. The van der Waals surface area contributed by atoms with Gasteiger partial charge in [0, 0.05) is 25.2 Å². The molecule has 0 radical (unpaired) electrons. The van der Waals surface area contributed by atoms with Crippen LogP contribution in [-0.2, 0) is 15.8 Å².